The number of piperidine rings is 1. The number of nitrogens with zero attached hydrogens (tertiary/aromatic N) is 2. The Morgan fingerprint density at radius 2 is 1.96 bits per heavy atom. The van der Waals surface area contributed by atoms with Gasteiger partial charge in [-0.25, -0.2) is 0 Å². The Labute approximate surface area is 153 Å². The number of aryl methyl sites for hydroxylation is 4. The van der Waals surface area contributed by atoms with Gasteiger partial charge in [-0.15, -0.1) is 0 Å². The smallest absolute Gasteiger partial charge is 0.271 e. The van der Waals surface area contributed by atoms with Crippen molar-refractivity contribution in [2.24, 2.45) is 0 Å². The first kappa shape index (κ1) is 16.9. The minimum absolute atomic E-state index is 0.0123. The number of carbonyl (C=O) groups is 1. The summed E-state index contributed by atoms with van der Waals surface area (Å²) >= 11 is 0. The molecule has 3 aromatic rings. The van der Waals surface area contributed by atoms with Crippen molar-refractivity contribution < 1.29 is 9.32 Å². The van der Waals surface area contributed by atoms with Crippen molar-refractivity contribution in [1.82, 2.24) is 15.0 Å². The van der Waals surface area contributed by atoms with Crippen LogP contribution < -0.4 is 0 Å². The second kappa shape index (κ2) is 6.31. The Bertz CT molecular complexity index is 983. The van der Waals surface area contributed by atoms with Crippen LogP contribution in [0.5, 0.6) is 0 Å². The van der Waals surface area contributed by atoms with Gasteiger partial charge >= 0.3 is 0 Å². The fraction of sp³-hybridized carbons (Fsp3) is 0.429. The van der Waals surface area contributed by atoms with Gasteiger partial charge in [-0.3, -0.25) is 4.79 Å². The molecule has 1 unspecified atom stereocenters. The van der Waals surface area contributed by atoms with Gasteiger partial charge in [0.2, 0.25) is 0 Å². The summed E-state index contributed by atoms with van der Waals surface area (Å²) in [4.78, 5) is 18.8. The molecule has 0 saturated carbocycles. The lowest BCUT2D eigenvalue weighted by molar-refractivity contribution is 0.0596. The number of H-pyrrole nitrogens is 1. The Morgan fingerprint density at radius 3 is 2.65 bits per heavy atom. The van der Waals surface area contributed by atoms with Gasteiger partial charge in [-0.05, 0) is 63.6 Å². The van der Waals surface area contributed by atoms with Gasteiger partial charge in [0.05, 0.1) is 6.04 Å². The van der Waals surface area contributed by atoms with E-state index in [4.69, 9.17) is 4.52 Å². The molecule has 1 fully saturated rings. The molecule has 1 aromatic carbocycles. The highest BCUT2D eigenvalue weighted by Gasteiger charge is 2.32. The first-order chi connectivity index (χ1) is 12.5. The highest BCUT2D eigenvalue weighted by molar-refractivity contribution is 6.02. The lowest BCUT2D eigenvalue weighted by Gasteiger charge is -2.34. The van der Waals surface area contributed by atoms with E-state index in [1.165, 1.54) is 10.9 Å². The van der Waals surface area contributed by atoms with E-state index < -0.39 is 0 Å². The summed E-state index contributed by atoms with van der Waals surface area (Å²) in [5.41, 5.74) is 6.01. The molecule has 1 N–H and O–H groups in total. The van der Waals surface area contributed by atoms with Crippen molar-refractivity contribution in [2.45, 2.75) is 53.0 Å². The number of aromatic nitrogens is 2. The van der Waals surface area contributed by atoms with Crippen molar-refractivity contribution in [2.75, 3.05) is 6.54 Å². The number of carbonyl (C=O) groups excluding carboxylic acids is 1. The molecule has 0 aliphatic carbocycles. The quantitative estimate of drug-likeness (QED) is 0.724. The maximum Gasteiger partial charge on any atom is 0.271 e. The van der Waals surface area contributed by atoms with Gasteiger partial charge in [0.1, 0.15) is 17.1 Å². The van der Waals surface area contributed by atoms with Gasteiger partial charge in [0.15, 0.2) is 0 Å². The van der Waals surface area contributed by atoms with E-state index in [1.54, 1.807) is 0 Å². The van der Waals surface area contributed by atoms with Crippen LogP contribution in [0.25, 0.3) is 10.9 Å². The average molecular weight is 351 g/mol. The highest BCUT2D eigenvalue weighted by Crippen LogP contribution is 2.34. The third-order valence-electron chi connectivity index (χ3n) is 5.59. The van der Waals surface area contributed by atoms with Crippen molar-refractivity contribution in [3.63, 3.8) is 0 Å². The van der Waals surface area contributed by atoms with E-state index in [0.29, 0.717) is 5.69 Å². The van der Waals surface area contributed by atoms with Crippen molar-refractivity contribution in [3.05, 3.63) is 52.0 Å². The fourth-order valence-electron chi connectivity index (χ4n) is 4.18. The number of rotatable bonds is 2. The fourth-order valence-corrected chi connectivity index (χ4v) is 4.18. The zero-order valence-corrected chi connectivity index (χ0v) is 15.8. The van der Waals surface area contributed by atoms with Gasteiger partial charge in [0, 0.05) is 23.5 Å². The molecule has 1 amide bonds. The Hall–Kier alpha value is -2.56. The normalized spacial score (nSPS) is 17.8. The molecule has 1 aliphatic rings. The predicted molar refractivity (Wildman–Crippen MR) is 101 cm³/mol. The van der Waals surface area contributed by atoms with E-state index in [9.17, 15) is 4.79 Å². The second-order valence-electron chi connectivity index (χ2n) is 7.45. The van der Waals surface area contributed by atoms with Crippen LogP contribution >= 0.6 is 0 Å². The standard InChI is InChI=1S/C21H25N3O2/c1-12-8-9-13(2)19-18(12)15(4)20(22-19)21(25)24-10-6-5-7-17(24)16-11-14(3)26-23-16/h8-9,11,17,22H,5-7,10H2,1-4H3. The van der Waals surface area contributed by atoms with E-state index in [1.807, 2.05) is 24.8 Å². The summed E-state index contributed by atoms with van der Waals surface area (Å²) in [6.45, 7) is 8.85. The van der Waals surface area contributed by atoms with Crippen LogP contribution in [0.15, 0.2) is 22.7 Å². The van der Waals surface area contributed by atoms with Crippen LogP contribution in [0.3, 0.4) is 0 Å². The average Bonchev–Trinajstić information content (AvgIpc) is 3.22. The van der Waals surface area contributed by atoms with E-state index >= 15 is 0 Å². The molecule has 1 aliphatic heterocycles. The summed E-state index contributed by atoms with van der Waals surface area (Å²) in [6.07, 6.45) is 3.05. The molecule has 2 aromatic heterocycles. The molecule has 26 heavy (non-hydrogen) atoms. The molecule has 0 spiro atoms. The number of aromatic amines is 1. The van der Waals surface area contributed by atoms with Crippen LogP contribution in [-0.2, 0) is 0 Å². The minimum Gasteiger partial charge on any atom is -0.361 e. The number of hydrogen-bond donors (Lipinski definition) is 1. The van der Waals surface area contributed by atoms with Crippen molar-refractivity contribution >= 4 is 16.8 Å². The third-order valence-corrected chi connectivity index (χ3v) is 5.59. The zero-order chi connectivity index (χ0) is 18.4. The van der Waals surface area contributed by atoms with E-state index in [2.05, 4.69) is 36.1 Å². The molecule has 5 heteroatoms. The molecule has 5 nitrogen and oxygen atoms in total. The lowest BCUT2D eigenvalue weighted by Crippen LogP contribution is -2.39. The van der Waals surface area contributed by atoms with Crippen LogP contribution in [-0.4, -0.2) is 27.5 Å². The summed E-state index contributed by atoms with van der Waals surface area (Å²) in [5, 5.41) is 5.35. The van der Waals surface area contributed by atoms with Gasteiger partial charge in [0.25, 0.3) is 5.91 Å². The SMILES string of the molecule is Cc1cc(C2CCCCN2C(=O)c2[nH]c3c(C)ccc(C)c3c2C)no1. The maximum absolute atomic E-state index is 13.4. The molecular weight excluding hydrogens is 326 g/mol. The predicted octanol–water partition coefficient (Wildman–Crippen LogP) is 4.76. The largest absolute Gasteiger partial charge is 0.361 e. The van der Waals surface area contributed by atoms with Crippen LogP contribution in [0.1, 0.15) is 63.9 Å². The topological polar surface area (TPSA) is 62.1 Å². The summed E-state index contributed by atoms with van der Waals surface area (Å²) < 4.78 is 5.26. The Balaban J connectivity index is 1.76. The van der Waals surface area contributed by atoms with Crippen molar-refractivity contribution in [1.29, 1.82) is 0 Å². The number of hydrogen-bond acceptors (Lipinski definition) is 3. The molecule has 4 rings (SSSR count). The monoisotopic (exact) mass is 351 g/mol. The molecular formula is C21H25N3O2. The Kier molecular flexibility index (Phi) is 4.10. The third kappa shape index (κ3) is 2.62. The van der Waals surface area contributed by atoms with Crippen LogP contribution in [0.2, 0.25) is 0 Å². The molecule has 3 heterocycles. The van der Waals surface area contributed by atoms with Crippen LogP contribution in [0.4, 0.5) is 0 Å². The van der Waals surface area contributed by atoms with E-state index in [-0.39, 0.29) is 11.9 Å². The summed E-state index contributed by atoms with van der Waals surface area (Å²) in [6, 6.07) is 6.16. The van der Waals surface area contributed by atoms with Crippen molar-refractivity contribution in [3.8, 4) is 0 Å². The number of benzene rings is 1. The maximum atomic E-state index is 13.4. The zero-order valence-electron chi connectivity index (χ0n) is 15.8. The first-order valence-electron chi connectivity index (χ1n) is 9.30. The van der Waals surface area contributed by atoms with E-state index in [0.717, 1.165) is 53.9 Å². The molecule has 0 radical (unpaired) electrons. The first-order valence-corrected chi connectivity index (χ1v) is 9.30. The number of nitrogens with one attached hydrogen (secondary N) is 1. The molecule has 136 valence electrons. The summed E-state index contributed by atoms with van der Waals surface area (Å²) in [7, 11) is 0. The summed E-state index contributed by atoms with van der Waals surface area (Å²) in [5.74, 6) is 0.842. The van der Waals surface area contributed by atoms with Crippen LogP contribution in [0, 0.1) is 27.7 Å². The number of fused-ring (bicyclic) bond motifs is 1. The second-order valence-corrected chi connectivity index (χ2v) is 7.45. The highest BCUT2D eigenvalue weighted by atomic mass is 16.5. The Morgan fingerprint density at radius 1 is 1.19 bits per heavy atom. The number of amides is 1. The van der Waals surface area contributed by atoms with Gasteiger partial charge in [-0.2, -0.15) is 0 Å². The van der Waals surface area contributed by atoms with Gasteiger partial charge < -0.3 is 14.4 Å². The molecule has 1 atom stereocenters. The molecule has 0 bridgehead atoms. The van der Waals surface area contributed by atoms with Gasteiger partial charge in [-0.1, -0.05) is 17.3 Å². The minimum atomic E-state index is -0.0123. The molecule has 1 saturated heterocycles. The number of likely N-dealkylation sites (tertiary alicyclic amines) is 1. The lowest BCUT2D eigenvalue weighted by atomic mass is 9.98.